The van der Waals surface area contributed by atoms with Crippen LogP contribution in [0.2, 0.25) is 0 Å². The van der Waals surface area contributed by atoms with Crippen LogP contribution in [0.3, 0.4) is 0 Å². The fraction of sp³-hybridized carbons (Fsp3) is 0.200. The van der Waals surface area contributed by atoms with Crippen LogP contribution in [0.4, 0.5) is 0 Å². The predicted octanol–water partition coefficient (Wildman–Crippen LogP) is 3.33. The van der Waals surface area contributed by atoms with Gasteiger partial charge in [-0.1, -0.05) is 18.2 Å². The molecule has 1 N–H and O–H groups in total. The van der Waals surface area contributed by atoms with Crippen molar-refractivity contribution in [2.24, 2.45) is 0 Å². The molecule has 27 heavy (non-hydrogen) atoms. The number of carbonyl (C=O) groups excluding carboxylic acids is 1. The summed E-state index contributed by atoms with van der Waals surface area (Å²) in [7, 11) is 1.71. The Bertz CT molecular complexity index is 1090. The van der Waals surface area contributed by atoms with Crippen molar-refractivity contribution in [2.45, 2.75) is 6.54 Å². The smallest absolute Gasteiger partial charge is 0.255 e. The van der Waals surface area contributed by atoms with E-state index in [1.165, 1.54) is 6.07 Å². The maximum atomic E-state index is 13.0. The Hall–Kier alpha value is -2.80. The summed E-state index contributed by atoms with van der Waals surface area (Å²) in [5.41, 5.74) is 1.83. The van der Waals surface area contributed by atoms with Crippen LogP contribution in [-0.4, -0.2) is 36.1 Å². The number of pyridine rings is 1. The van der Waals surface area contributed by atoms with Crippen LogP contribution in [-0.2, 0) is 6.54 Å². The Morgan fingerprint density at radius 2 is 1.85 bits per heavy atom. The monoisotopic (exact) mass is 428 g/mol. The van der Waals surface area contributed by atoms with E-state index in [0.29, 0.717) is 41.3 Å². The maximum Gasteiger partial charge on any atom is 0.255 e. The normalized spacial score (nSPS) is 12.8. The van der Waals surface area contributed by atoms with Crippen molar-refractivity contribution in [3.63, 3.8) is 0 Å². The van der Waals surface area contributed by atoms with E-state index in [9.17, 15) is 9.59 Å². The van der Waals surface area contributed by atoms with Crippen LogP contribution in [0.25, 0.3) is 10.9 Å². The van der Waals surface area contributed by atoms with E-state index in [2.05, 4.69) is 20.9 Å². The highest BCUT2D eigenvalue weighted by Crippen LogP contribution is 2.36. The molecule has 4 rings (SSSR count). The summed E-state index contributed by atoms with van der Waals surface area (Å²) < 4.78 is 11.8. The lowest BCUT2D eigenvalue weighted by atomic mass is 10.1. The topological polar surface area (TPSA) is 71.6 Å². The molecule has 7 heteroatoms. The number of rotatable bonds is 3. The number of ether oxygens (including phenoxy) is 2. The molecule has 1 aromatic heterocycles. The van der Waals surface area contributed by atoms with Crippen molar-refractivity contribution in [2.75, 3.05) is 20.3 Å². The van der Waals surface area contributed by atoms with Crippen molar-refractivity contribution in [1.29, 1.82) is 0 Å². The first-order chi connectivity index (χ1) is 13.0. The summed E-state index contributed by atoms with van der Waals surface area (Å²) >= 11 is 3.44. The second-order valence-electron chi connectivity index (χ2n) is 6.34. The number of halogens is 1. The van der Waals surface area contributed by atoms with Gasteiger partial charge in [-0.15, -0.1) is 0 Å². The standard InChI is InChI=1S/C20H17BrN2O4/c1-23(11-12-8-19(24)22-16-5-3-2-4-13(12)16)20(25)14-9-17-18(10-15(14)21)27-7-6-26-17/h2-5,8-10H,6-7,11H2,1H3,(H,22,24). The Kier molecular flexibility index (Phi) is 4.61. The van der Waals surface area contributed by atoms with Crippen LogP contribution in [0, 0.1) is 0 Å². The first-order valence-corrected chi connectivity index (χ1v) is 9.28. The third-order valence-corrected chi connectivity index (χ3v) is 5.11. The van der Waals surface area contributed by atoms with Crippen LogP contribution in [0.15, 0.2) is 51.7 Å². The number of amides is 1. The van der Waals surface area contributed by atoms with E-state index in [1.807, 2.05) is 24.3 Å². The quantitative estimate of drug-likeness (QED) is 0.694. The van der Waals surface area contributed by atoms with Gasteiger partial charge < -0.3 is 19.4 Å². The van der Waals surface area contributed by atoms with E-state index in [-0.39, 0.29) is 11.5 Å². The number of para-hydroxylation sites is 1. The van der Waals surface area contributed by atoms with Crippen molar-refractivity contribution in [1.82, 2.24) is 9.88 Å². The summed E-state index contributed by atoms with van der Waals surface area (Å²) in [6, 6.07) is 12.5. The fourth-order valence-electron chi connectivity index (χ4n) is 3.17. The molecule has 2 heterocycles. The van der Waals surface area contributed by atoms with Crippen LogP contribution >= 0.6 is 15.9 Å². The molecule has 0 bridgehead atoms. The molecule has 0 unspecified atom stereocenters. The predicted molar refractivity (Wildman–Crippen MR) is 105 cm³/mol. The van der Waals surface area contributed by atoms with Gasteiger partial charge in [-0.05, 0) is 39.7 Å². The Labute approximate surface area is 163 Å². The van der Waals surface area contributed by atoms with Gasteiger partial charge in [0.15, 0.2) is 11.5 Å². The molecular formula is C20H17BrN2O4. The molecule has 0 atom stereocenters. The summed E-state index contributed by atoms with van der Waals surface area (Å²) in [5.74, 6) is 0.999. The molecule has 0 aliphatic carbocycles. The van der Waals surface area contributed by atoms with Gasteiger partial charge in [0.2, 0.25) is 5.56 Å². The van der Waals surface area contributed by atoms with Crippen LogP contribution in [0.1, 0.15) is 15.9 Å². The van der Waals surface area contributed by atoms with E-state index in [1.54, 1.807) is 24.1 Å². The number of fused-ring (bicyclic) bond motifs is 2. The summed E-state index contributed by atoms with van der Waals surface area (Å²) in [6.07, 6.45) is 0. The highest BCUT2D eigenvalue weighted by atomic mass is 79.9. The molecule has 6 nitrogen and oxygen atoms in total. The first-order valence-electron chi connectivity index (χ1n) is 8.48. The number of aromatic nitrogens is 1. The molecule has 3 aromatic rings. The molecule has 0 saturated heterocycles. The summed E-state index contributed by atoms with van der Waals surface area (Å²) in [4.78, 5) is 29.3. The summed E-state index contributed by atoms with van der Waals surface area (Å²) in [5, 5.41) is 0.915. The van der Waals surface area contributed by atoms with Gasteiger partial charge in [0.1, 0.15) is 13.2 Å². The minimum atomic E-state index is -0.190. The summed E-state index contributed by atoms with van der Waals surface area (Å²) in [6.45, 7) is 1.25. The number of aromatic amines is 1. The van der Waals surface area contributed by atoms with Crippen molar-refractivity contribution < 1.29 is 14.3 Å². The largest absolute Gasteiger partial charge is 0.486 e. The Morgan fingerprint density at radius 3 is 2.63 bits per heavy atom. The average Bonchev–Trinajstić information content (AvgIpc) is 2.66. The molecule has 0 saturated carbocycles. The maximum absolute atomic E-state index is 13.0. The van der Waals surface area contributed by atoms with Gasteiger partial charge in [0.05, 0.1) is 5.56 Å². The Balaban J connectivity index is 1.65. The minimum absolute atomic E-state index is 0.178. The highest BCUT2D eigenvalue weighted by Gasteiger charge is 2.21. The van der Waals surface area contributed by atoms with Crippen molar-refractivity contribution >= 4 is 32.7 Å². The SMILES string of the molecule is CN(Cc1cc(=O)[nH]c2ccccc12)C(=O)c1cc2c(cc1Br)OCCO2. The Morgan fingerprint density at radius 1 is 1.15 bits per heavy atom. The van der Waals surface area contributed by atoms with E-state index >= 15 is 0 Å². The van der Waals surface area contributed by atoms with E-state index in [4.69, 9.17) is 9.47 Å². The average molecular weight is 429 g/mol. The number of hydrogen-bond donors (Lipinski definition) is 1. The molecule has 1 aliphatic rings. The lowest BCUT2D eigenvalue weighted by Crippen LogP contribution is -2.27. The number of benzene rings is 2. The van der Waals surface area contributed by atoms with Gasteiger partial charge >= 0.3 is 0 Å². The fourth-order valence-corrected chi connectivity index (χ4v) is 3.66. The molecule has 138 valence electrons. The number of nitrogens with one attached hydrogen (secondary N) is 1. The molecule has 0 fully saturated rings. The number of nitrogens with zero attached hydrogens (tertiary/aromatic N) is 1. The zero-order chi connectivity index (χ0) is 19.0. The molecule has 0 radical (unpaired) electrons. The van der Waals surface area contributed by atoms with Gasteiger partial charge in [-0.25, -0.2) is 0 Å². The van der Waals surface area contributed by atoms with Crippen LogP contribution < -0.4 is 15.0 Å². The zero-order valence-electron chi connectivity index (χ0n) is 14.6. The van der Waals surface area contributed by atoms with E-state index in [0.717, 1.165) is 16.5 Å². The lowest BCUT2D eigenvalue weighted by molar-refractivity contribution is 0.0783. The van der Waals surface area contributed by atoms with Gasteiger partial charge in [-0.2, -0.15) is 0 Å². The molecule has 1 amide bonds. The van der Waals surface area contributed by atoms with Gasteiger partial charge in [0, 0.05) is 35.0 Å². The highest BCUT2D eigenvalue weighted by molar-refractivity contribution is 9.10. The molecule has 1 aliphatic heterocycles. The minimum Gasteiger partial charge on any atom is -0.486 e. The second kappa shape index (κ2) is 7.08. The van der Waals surface area contributed by atoms with Crippen molar-refractivity contribution in [3.8, 4) is 11.5 Å². The van der Waals surface area contributed by atoms with Crippen LogP contribution in [0.5, 0.6) is 11.5 Å². The molecular weight excluding hydrogens is 412 g/mol. The number of hydrogen-bond acceptors (Lipinski definition) is 4. The van der Waals surface area contributed by atoms with E-state index < -0.39 is 0 Å². The third-order valence-electron chi connectivity index (χ3n) is 4.45. The van der Waals surface area contributed by atoms with Crippen molar-refractivity contribution in [3.05, 3.63) is 68.4 Å². The molecule has 2 aromatic carbocycles. The lowest BCUT2D eigenvalue weighted by Gasteiger charge is -2.22. The number of carbonyl (C=O) groups is 1. The molecule has 0 spiro atoms. The van der Waals surface area contributed by atoms with Gasteiger partial charge in [-0.3, -0.25) is 9.59 Å². The zero-order valence-corrected chi connectivity index (χ0v) is 16.2. The van der Waals surface area contributed by atoms with Gasteiger partial charge in [0.25, 0.3) is 5.91 Å². The second-order valence-corrected chi connectivity index (χ2v) is 7.20. The number of H-pyrrole nitrogens is 1. The third kappa shape index (κ3) is 3.42. The first kappa shape index (κ1) is 17.6.